The fourth-order valence-corrected chi connectivity index (χ4v) is 3.13. The van der Waals surface area contributed by atoms with Crippen molar-refractivity contribution in [3.05, 3.63) is 29.8 Å². The van der Waals surface area contributed by atoms with Crippen LogP contribution in [0.4, 0.5) is 5.69 Å². The van der Waals surface area contributed by atoms with E-state index in [0.717, 1.165) is 32.7 Å². The Labute approximate surface area is 176 Å². The van der Waals surface area contributed by atoms with Crippen LogP contribution in [0.5, 0.6) is 0 Å². The first-order chi connectivity index (χ1) is 11.8. The number of carbonyl (C=O) groups excluding carboxylic acids is 1. The van der Waals surface area contributed by atoms with Crippen LogP contribution in [0.15, 0.2) is 24.3 Å². The summed E-state index contributed by atoms with van der Waals surface area (Å²) in [5, 5.41) is 3.12. The summed E-state index contributed by atoms with van der Waals surface area (Å²) in [6, 6.07) is 8.66. The van der Waals surface area contributed by atoms with Gasteiger partial charge in [-0.25, -0.2) is 0 Å². The molecule has 1 aromatic rings. The molecule has 0 radical (unpaired) electrons. The van der Waals surface area contributed by atoms with E-state index in [9.17, 15) is 4.79 Å². The molecule has 0 aliphatic carbocycles. The van der Waals surface area contributed by atoms with E-state index in [1.165, 1.54) is 11.3 Å². The van der Waals surface area contributed by atoms with Gasteiger partial charge in [-0.1, -0.05) is 26.0 Å². The Balaban J connectivity index is 0.00000338. The van der Waals surface area contributed by atoms with E-state index < -0.39 is 0 Å². The van der Waals surface area contributed by atoms with Crippen molar-refractivity contribution in [3.63, 3.8) is 0 Å². The van der Waals surface area contributed by atoms with Crippen molar-refractivity contribution in [2.24, 2.45) is 11.7 Å². The molecule has 1 amide bonds. The zero-order valence-electron chi connectivity index (χ0n) is 17.0. The minimum atomic E-state index is -0.319. The average Bonchev–Trinajstić information content (AvgIpc) is 2.60. The first-order valence-corrected chi connectivity index (χ1v) is 9.39. The third kappa shape index (κ3) is 7.49. The number of halogens is 2. The molecule has 3 N–H and O–H groups in total. The summed E-state index contributed by atoms with van der Waals surface area (Å²) in [6.45, 7) is 13.6. The van der Waals surface area contributed by atoms with Gasteiger partial charge in [-0.2, -0.15) is 0 Å². The van der Waals surface area contributed by atoms with Crippen molar-refractivity contribution in [1.29, 1.82) is 0 Å². The molecule has 1 atom stereocenters. The molecule has 1 aliphatic rings. The molecule has 1 aromatic carbocycles. The van der Waals surface area contributed by atoms with Gasteiger partial charge in [-0.15, -0.1) is 24.8 Å². The molecule has 2 rings (SSSR count). The molecule has 27 heavy (non-hydrogen) atoms. The predicted octanol–water partition coefficient (Wildman–Crippen LogP) is 2.84. The van der Waals surface area contributed by atoms with E-state index in [-0.39, 0.29) is 36.3 Å². The van der Waals surface area contributed by atoms with Gasteiger partial charge in [0.25, 0.3) is 0 Å². The molecule has 0 saturated carbocycles. The summed E-state index contributed by atoms with van der Waals surface area (Å²) in [4.78, 5) is 17.1. The molecule has 156 valence electrons. The lowest BCUT2D eigenvalue weighted by Gasteiger charge is -2.37. The molecule has 1 heterocycles. The number of piperazine rings is 1. The SMILES string of the molecule is Cc1cccc(N2CCN(CCC(=O)NC(C)(CN)C(C)C)CC2)c1.Cl.Cl. The number of amides is 1. The summed E-state index contributed by atoms with van der Waals surface area (Å²) >= 11 is 0. The molecule has 1 saturated heterocycles. The van der Waals surface area contributed by atoms with E-state index in [1.54, 1.807) is 0 Å². The fourth-order valence-electron chi connectivity index (χ4n) is 3.13. The molecule has 1 aliphatic heterocycles. The van der Waals surface area contributed by atoms with Crippen molar-refractivity contribution in [2.45, 2.75) is 39.7 Å². The predicted molar refractivity (Wildman–Crippen MR) is 119 cm³/mol. The summed E-state index contributed by atoms with van der Waals surface area (Å²) in [5.41, 5.74) is 8.12. The number of nitrogens with zero attached hydrogens (tertiary/aromatic N) is 2. The summed E-state index contributed by atoms with van der Waals surface area (Å²) in [6.07, 6.45) is 0.534. The van der Waals surface area contributed by atoms with E-state index in [2.05, 4.69) is 60.2 Å². The number of benzene rings is 1. The van der Waals surface area contributed by atoms with Crippen molar-refractivity contribution in [2.75, 3.05) is 44.2 Å². The molecule has 1 unspecified atom stereocenters. The van der Waals surface area contributed by atoms with Gasteiger partial charge >= 0.3 is 0 Å². The van der Waals surface area contributed by atoms with Gasteiger partial charge in [0.1, 0.15) is 0 Å². The van der Waals surface area contributed by atoms with Crippen LogP contribution in [-0.4, -0.2) is 55.6 Å². The third-order valence-electron chi connectivity index (χ3n) is 5.52. The lowest BCUT2D eigenvalue weighted by atomic mass is 9.88. The number of hydrogen-bond acceptors (Lipinski definition) is 4. The van der Waals surface area contributed by atoms with Gasteiger partial charge in [-0.3, -0.25) is 9.69 Å². The van der Waals surface area contributed by atoms with Crippen LogP contribution in [-0.2, 0) is 4.79 Å². The Morgan fingerprint density at radius 3 is 2.37 bits per heavy atom. The van der Waals surface area contributed by atoms with Crippen LogP contribution in [0.3, 0.4) is 0 Å². The topological polar surface area (TPSA) is 61.6 Å². The number of carbonyl (C=O) groups is 1. The van der Waals surface area contributed by atoms with Gasteiger partial charge in [0.2, 0.25) is 5.91 Å². The van der Waals surface area contributed by atoms with E-state index in [4.69, 9.17) is 5.73 Å². The highest BCUT2D eigenvalue weighted by Gasteiger charge is 2.28. The molecule has 5 nitrogen and oxygen atoms in total. The molecule has 0 bridgehead atoms. The Bertz CT molecular complexity index is 577. The average molecular weight is 419 g/mol. The second-order valence-electron chi connectivity index (χ2n) is 7.74. The second kappa shape index (κ2) is 11.7. The first kappa shape index (κ1) is 26.0. The zero-order chi connectivity index (χ0) is 18.4. The van der Waals surface area contributed by atoms with Crippen LogP contribution >= 0.6 is 24.8 Å². The Hall–Kier alpha value is -1.01. The highest BCUT2D eigenvalue weighted by molar-refractivity contribution is 5.85. The largest absolute Gasteiger partial charge is 0.369 e. The maximum atomic E-state index is 12.3. The van der Waals surface area contributed by atoms with E-state index >= 15 is 0 Å². The summed E-state index contributed by atoms with van der Waals surface area (Å²) < 4.78 is 0. The lowest BCUT2D eigenvalue weighted by Crippen LogP contribution is -2.55. The maximum Gasteiger partial charge on any atom is 0.221 e. The van der Waals surface area contributed by atoms with Crippen LogP contribution in [0.1, 0.15) is 32.8 Å². The number of aryl methyl sites for hydroxylation is 1. The minimum absolute atomic E-state index is 0. The molecule has 0 spiro atoms. The maximum absolute atomic E-state index is 12.3. The van der Waals surface area contributed by atoms with Gasteiger partial charge in [-0.05, 0) is 37.5 Å². The standard InChI is InChI=1S/C20H34N4O.2ClH/c1-16(2)20(4,15-21)22-19(25)8-9-23-10-12-24(13-11-23)18-7-5-6-17(3)14-18;;/h5-7,14,16H,8-13,15,21H2,1-4H3,(H,22,25);2*1H. The van der Waals surface area contributed by atoms with Crippen molar-refractivity contribution in [3.8, 4) is 0 Å². The van der Waals surface area contributed by atoms with E-state index in [0.29, 0.717) is 18.9 Å². The summed E-state index contributed by atoms with van der Waals surface area (Å²) in [7, 11) is 0. The summed E-state index contributed by atoms with van der Waals surface area (Å²) in [5.74, 6) is 0.419. The van der Waals surface area contributed by atoms with Crippen LogP contribution in [0, 0.1) is 12.8 Å². The quantitative estimate of drug-likeness (QED) is 0.714. The highest BCUT2D eigenvalue weighted by atomic mass is 35.5. The lowest BCUT2D eigenvalue weighted by molar-refractivity contribution is -0.123. The van der Waals surface area contributed by atoms with Crippen LogP contribution < -0.4 is 16.0 Å². The minimum Gasteiger partial charge on any atom is -0.369 e. The number of nitrogens with two attached hydrogens (primary N) is 1. The normalized spacial score (nSPS) is 16.9. The monoisotopic (exact) mass is 418 g/mol. The third-order valence-corrected chi connectivity index (χ3v) is 5.52. The molecule has 7 heteroatoms. The van der Waals surface area contributed by atoms with Gasteiger partial charge in [0.05, 0.1) is 5.54 Å². The van der Waals surface area contributed by atoms with Crippen LogP contribution in [0.25, 0.3) is 0 Å². The fraction of sp³-hybridized carbons (Fsp3) is 0.650. The number of anilines is 1. The van der Waals surface area contributed by atoms with Crippen molar-refractivity contribution >= 4 is 36.4 Å². The highest BCUT2D eigenvalue weighted by Crippen LogP contribution is 2.18. The van der Waals surface area contributed by atoms with Crippen LogP contribution in [0.2, 0.25) is 0 Å². The van der Waals surface area contributed by atoms with E-state index in [1.807, 2.05) is 6.92 Å². The van der Waals surface area contributed by atoms with Crippen molar-refractivity contribution < 1.29 is 4.79 Å². The molecule has 0 aromatic heterocycles. The number of rotatable bonds is 7. The van der Waals surface area contributed by atoms with Gasteiger partial charge in [0.15, 0.2) is 0 Å². The zero-order valence-corrected chi connectivity index (χ0v) is 18.7. The molecule has 1 fully saturated rings. The second-order valence-corrected chi connectivity index (χ2v) is 7.74. The van der Waals surface area contributed by atoms with Crippen molar-refractivity contribution in [1.82, 2.24) is 10.2 Å². The van der Waals surface area contributed by atoms with Gasteiger partial charge < -0.3 is 16.0 Å². The Morgan fingerprint density at radius 2 is 1.85 bits per heavy atom. The number of nitrogens with one attached hydrogen (secondary N) is 1. The smallest absolute Gasteiger partial charge is 0.221 e. The Morgan fingerprint density at radius 1 is 1.22 bits per heavy atom. The van der Waals surface area contributed by atoms with Gasteiger partial charge in [0, 0.05) is 51.4 Å². The molecular formula is C20H36Cl2N4O. The molecular weight excluding hydrogens is 383 g/mol. The number of hydrogen-bond donors (Lipinski definition) is 2. The Kier molecular flexibility index (Phi) is 11.3. The first-order valence-electron chi connectivity index (χ1n) is 9.39.